The number of fused-ring (bicyclic) bond motifs is 1. The second-order valence-corrected chi connectivity index (χ2v) is 5.37. The molecule has 102 valence electrons. The van der Waals surface area contributed by atoms with Crippen molar-refractivity contribution in [1.82, 2.24) is 5.32 Å². The van der Waals surface area contributed by atoms with Crippen molar-refractivity contribution in [2.45, 2.75) is 39.7 Å². The third-order valence-electron chi connectivity index (χ3n) is 3.90. The molecule has 2 aromatic rings. The Bertz CT molecular complexity index is 513. The molecular formula is C18H25N. The Labute approximate surface area is 117 Å². The minimum absolute atomic E-state index is 0.455. The van der Waals surface area contributed by atoms with Crippen LogP contribution in [0.5, 0.6) is 0 Å². The molecule has 1 nitrogen and oxygen atoms in total. The molecule has 0 saturated carbocycles. The highest BCUT2D eigenvalue weighted by Crippen LogP contribution is 2.31. The van der Waals surface area contributed by atoms with Gasteiger partial charge >= 0.3 is 0 Å². The molecule has 0 radical (unpaired) electrons. The molecule has 19 heavy (non-hydrogen) atoms. The second-order valence-electron chi connectivity index (χ2n) is 5.37. The van der Waals surface area contributed by atoms with E-state index in [1.165, 1.54) is 29.2 Å². The van der Waals surface area contributed by atoms with Crippen LogP contribution < -0.4 is 5.32 Å². The molecule has 2 unspecified atom stereocenters. The second kappa shape index (κ2) is 6.72. The summed E-state index contributed by atoms with van der Waals surface area (Å²) in [5, 5.41) is 6.40. The van der Waals surface area contributed by atoms with Crippen molar-refractivity contribution in [3.63, 3.8) is 0 Å². The summed E-state index contributed by atoms with van der Waals surface area (Å²) in [5.41, 5.74) is 1.45. The molecule has 2 atom stereocenters. The molecule has 0 fully saturated rings. The molecule has 0 heterocycles. The third kappa shape index (κ3) is 3.16. The van der Waals surface area contributed by atoms with Gasteiger partial charge in [0.2, 0.25) is 0 Å². The fourth-order valence-corrected chi connectivity index (χ4v) is 2.98. The van der Waals surface area contributed by atoms with Gasteiger partial charge in [-0.25, -0.2) is 0 Å². The minimum atomic E-state index is 0.455. The van der Waals surface area contributed by atoms with Gasteiger partial charge in [0.15, 0.2) is 0 Å². The highest BCUT2D eigenvalue weighted by molar-refractivity contribution is 5.86. The number of hydrogen-bond donors (Lipinski definition) is 1. The quantitative estimate of drug-likeness (QED) is 0.772. The first kappa shape index (κ1) is 14.1. The Balaban J connectivity index is 2.43. The summed E-state index contributed by atoms with van der Waals surface area (Å²) in [7, 11) is 0. The van der Waals surface area contributed by atoms with Gasteiger partial charge in [-0.05, 0) is 35.2 Å². The molecule has 0 aliphatic rings. The van der Waals surface area contributed by atoms with E-state index in [1.54, 1.807) is 0 Å². The largest absolute Gasteiger partial charge is 0.310 e. The van der Waals surface area contributed by atoms with Crippen LogP contribution in [0.15, 0.2) is 42.5 Å². The fourth-order valence-electron chi connectivity index (χ4n) is 2.98. The van der Waals surface area contributed by atoms with Gasteiger partial charge in [0.05, 0.1) is 0 Å². The zero-order chi connectivity index (χ0) is 13.7. The van der Waals surface area contributed by atoms with Crippen molar-refractivity contribution in [2.24, 2.45) is 5.92 Å². The average Bonchev–Trinajstić information content (AvgIpc) is 2.44. The van der Waals surface area contributed by atoms with E-state index in [1.807, 2.05) is 0 Å². The van der Waals surface area contributed by atoms with Gasteiger partial charge in [0, 0.05) is 6.04 Å². The normalized spacial score (nSPS) is 14.5. The lowest BCUT2D eigenvalue weighted by Crippen LogP contribution is -2.27. The van der Waals surface area contributed by atoms with E-state index in [2.05, 4.69) is 68.6 Å². The fraction of sp³-hybridized carbons (Fsp3) is 0.444. The Morgan fingerprint density at radius 2 is 1.74 bits per heavy atom. The molecule has 0 bridgehead atoms. The van der Waals surface area contributed by atoms with E-state index in [4.69, 9.17) is 0 Å². The van der Waals surface area contributed by atoms with Crippen molar-refractivity contribution in [3.8, 4) is 0 Å². The van der Waals surface area contributed by atoms with Crippen molar-refractivity contribution < 1.29 is 0 Å². The van der Waals surface area contributed by atoms with Gasteiger partial charge in [-0.2, -0.15) is 0 Å². The zero-order valence-electron chi connectivity index (χ0n) is 12.3. The monoisotopic (exact) mass is 255 g/mol. The summed E-state index contributed by atoms with van der Waals surface area (Å²) >= 11 is 0. The van der Waals surface area contributed by atoms with Crippen LogP contribution in [0.4, 0.5) is 0 Å². The predicted octanol–water partition coefficient (Wildman–Crippen LogP) is 4.93. The Hall–Kier alpha value is -1.34. The molecule has 0 saturated heterocycles. The molecule has 0 aromatic heterocycles. The van der Waals surface area contributed by atoms with E-state index in [0.29, 0.717) is 12.0 Å². The molecule has 2 rings (SSSR count). The highest BCUT2D eigenvalue weighted by Gasteiger charge is 2.19. The van der Waals surface area contributed by atoms with Crippen LogP contribution in [0.3, 0.4) is 0 Å². The summed E-state index contributed by atoms with van der Waals surface area (Å²) in [6, 6.07) is 15.8. The summed E-state index contributed by atoms with van der Waals surface area (Å²) < 4.78 is 0. The van der Waals surface area contributed by atoms with Crippen LogP contribution in [0.25, 0.3) is 10.8 Å². The number of rotatable bonds is 6. The summed E-state index contributed by atoms with van der Waals surface area (Å²) in [5.74, 6) is 0.663. The predicted molar refractivity (Wildman–Crippen MR) is 84.4 cm³/mol. The van der Waals surface area contributed by atoms with Gasteiger partial charge in [0.1, 0.15) is 0 Å². The van der Waals surface area contributed by atoms with Crippen LogP contribution in [0, 0.1) is 5.92 Å². The first-order valence-corrected chi connectivity index (χ1v) is 7.49. The zero-order valence-corrected chi connectivity index (χ0v) is 12.3. The summed E-state index contributed by atoms with van der Waals surface area (Å²) in [6.45, 7) is 7.83. The first-order chi connectivity index (χ1) is 9.27. The highest BCUT2D eigenvalue weighted by atomic mass is 14.9. The van der Waals surface area contributed by atoms with Crippen LogP contribution in [0.1, 0.15) is 45.2 Å². The Kier molecular flexibility index (Phi) is 4.98. The molecule has 0 aliphatic heterocycles. The lowest BCUT2D eigenvalue weighted by atomic mass is 9.88. The number of benzene rings is 2. The van der Waals surface area contributed by atoms with E-state index >= 15 is 0 Å². The van der Waals surface area contributed by atoms with Gasteiger partial charge in [-0.15, -0.1) is 0 Å². The smallest absolute Gasteiger partial charge is 0.0352 e. The summed E-state index contributed by atoms with van der Waals surface area (Å²) in [6.07, 6.45) is 2.51. The molecule has 1 N–H and O–H groups in total. The third-order valence-corrected chi connectivity index (χ3v) is 3.90. The maximum atomic E-state index is 3.68. The SMILES string of the molecule is CCCC(C)C(NCC)c1cccc2ccccc12. The van der Waals surface area contributed by atoms with E-state index in [9.17, 15) is 0 Å². The van der Waals surface area contributed by atoms with Gasteiger partial charge in [-0.1, -0.05) is 69.7 Å². The van der Waals surface area contributed by atoms with E-state index < -0.39 is 0 Å². The maximum absolute atomic E-state index is 3.68. The lowest BCUT2D eigenvalue weighted by molar-refractivity contribution is 0.371. The van der Waals surface area contributed by atoms with Crippen LogP contribution in [-0.4, -0.2) is 6.54 Å². The Morgan fingerprint density at radius 1 is 1.00 bits per heavy atom. The van der Waals surface area contributed by atoms with Crippen LogP contribution in [-0.2, 0) is 0 Å². The number of hydrogen-bond acceptors (Lipinski definition) is 1. The van der Waals surface area contributed by atoms with Crippen LogP contribution >= 0.6 is 0 Å². The van der Waals surface area contributed by atoms with Crippen molar-refractivity contribution >= 4 is 10.8 Å². The first-order valence-electron chi connectivity index (χ1n) is 7.49. The van der Waals surface area contributed by atoms with Crippen LogP contribution in [0.2, 0.25) is 0 Å². The molecule has 0 aliphatic carbocycles. The van der Waals surface area contributed by atoms with Crippen molar-refractivity contribution in [2.75, 3.05) is 6.54 Å². The summed E-state index contributed by atoms with van der Waals surface area (Å²) in [4.78, 5) is 0. The molecule has 1 heteroatoms. The molecular weight excluding hydrogens is 230 g/mol. The molecule has 2 aromatic carbocycles. The average molecular weight is 255 g/mol. The lowest BCUT2D eigenvalue weighted by Gasteiger charge is -2.26. The van der Waals surface area contributed by atoms with Gasteiger partial charge in [-0.3, -0.25) is 0 Å². The van der Waals surface area contributed by atoms with Crippen molar-refractivity contribution in [3.05, 3.63) is 48.0 Å². The number of nitrogens with one attached hydrogen (secondary N) is 1. The molecule has 0 amide bonds. The topological polar surface area (TPSA) is 12.0 Å². The van der Waals surface area contributed by atoms with Crippen molar-refractivity contribution in [1.29, 1.82) is 0 Å². The van der Waals surface area contributed by atoms with Gasteiger partial charge < -0.3 is 5.32 Å². The minimum Gasteiger partial charge on any atom is -0.310 e. The standard InChI is InChI=1S/C18H25N/c1-4-9-14(3)18(19-5-2)17-13-8-11-15-10-6-7-12-16(15)17/h6-8,10-14,18-19H,4-5,9H2,1-3H3. The Morgan fingerprint density at radius 3 is 2.47 bits per heavy atom. The van der Waals surface area contributed by atoms with E-state index in [0.717, 1.165) is 6.54 Å². The maximum Gasteiger partial charge on any atom is 0.0352 e. The molecule has 0 spiro atoms. The van der Waals surface area contributed by atoms with Gasteiger partial charge in [0.25, 0.3) is 0 Å². The van der Waals surface area contributed by atoms with E-state index in [-0.39, 0.29) is 0 Å².